The van der Waals surface area contributed by atoms with Gasteiger partial charge in [0, 0.05) is 18.9 Å². The number of nitrogen functional groups attached to an aromatic ring is 1. The molecule has 2 rings (SSSR count). The lowest BCUT2D eigenvalue weighted by atomic mass is 10.2. The van der Waals surface area contributed by atoms with Gasteiger partial charge in [-0.1, -0.05) is 0 Å². The molecule has 1 heterocycles. The first-order valence-corrected chi connectivity index (χ1v) is 5.60. The number of benzene rings is 1. The third-order valence-electron chi connectivity index (χ3n) is 2.35. The van der Waals surface area contributed by atoms with E-state index in [9.17, 15) is 0 Å². The van der Waals surface area contributed by atoms with Gasteiger partial charge in [-0.15, -0.1) is 0 Å². The third-order valence-corrected chi connectivity index (χ3v) is 2.35. The summed E-state index contributed by atoms with van der Waals surface area (Å²) in [5.74, 6) is 1.86. The van der Waals surface area contributed by atoms with E-state index in [0.29, 0.717) is 24.9 Å². The summed E-state index contributed by atoms with van der Waals surface area (Å²) >= 11 is 0. The number of ether oxygens (including phenoxy) is 2. The Morgan fingerprint density at radius 1 is 1.11 bits per heavy atom. The quantitative estimate of drug-likeness (QED) is 0.813. The lowest BCUT2D eigenvalue weighted by Crippen LogP contribution is -2.04. The normalized spacial score (nSPS) is 10.3. The lowest BCUT2D eigenvalue weighted by Gasteiger charge is -2.06. The molecule has 18 heavy (non-hydrogen) atoms. The first kappa shape index (κ1) is 12.3. The van der Waals surface area contributed by atoms with E-state index in [0.717, 1.165) is 11.3 Å². The number of nitrogens with zero attached hydrogens (tertiary/aromatic N) is 2. The van der Waals surface area contributed by atoms with Crippen molar-refractivity contribution in [2.24, 2.45) is 0 Å². The molecule has 0 saturated carbocycles. The molecule has 0 aliphatic heterocycles. The van der Waals surface area contributed by atoms with Crippen LogP contribution in [-0.2, 0) is 4.74 Å². The number of nitrogens with two attached hydrogens (primary N) is 1. The Balaban J connectivity index is 2.07. The zero-order valence-electron chi connectivity index (χ0n) is 10.2. The second kappa shape index (κ2) is 5.97. The van der Waals surface area contributed by atoms with Crippen LogP contribution in [0.3, 0.4) is 0 Å². The van der Waals surface area contributed by atoms with Gasteiger partial charge in [0.1, 0.15) is 18.2 Å². The maximum atomic E-state index is 5.62. The van der Waals surface area contributed by atoms with E-state index in [1.165, 1.54) is 0 Å². The van der Waals surface area contributed by atoms with E-state index < -0.39 is 0 Å². The molecule has 1 aromatic carbocycles. The number of rotatable bonds is 5. The van der Waals surface area contributed by atoms with Gasteiger partial charge in [-0.2, -0.15) is 0 Å². The molecule has 0 spiro atoms. The second-order valence-corrected chi connectivity index (χ2v) is 3.67. The molecule has 5 nitrogen and oxygen atoms in total. The lowest BCUT2D eigenvalue weighted by molar-refractivity contribution is 0.146. The highest BCUT2D eigenvalue weighted by Crippen LogP contribution is 2.19. The Morgan fingerprint density at radius 2 is 1.89 bits per heavy atom. The molecule has 94 valence electrons. The summed E-state index contributed by atoms with van der Waals surface area (Å²) in [6, 6.07) is 9.20. The molecule has 0 bridgehead atoms. The van der Waals surface area contributed by atoms with Crippen molar-refractivity contribution in [2.45, 2.75) is 0 Å². The van der Waals surface area contributed by atoms with Crippen molar-refractivity contribution in [1.29, 1.82) is 0 Å². The van der Waals surface area contributed by atoms with Crippen LogP contribution in [0.1, 0.15) is 0 Å². The van der Waals surface area contributed by atoms with E-state index in [2.05, 4.69) is 9.97 Å². The number of aromatic nitrogens is 2. The molecule has 0 radical (unpaired) electrons. The number of hydrogen-bond acceptors (Lipinski definition) is 5. The SMILES string of the molecule is COCCOc1ccc(-c2nccc(N)n2)cc1. The van der Waals surface area contributed by atoms with Crippen molar-refractivity contribution < 1.29 is 9.47 Å². The highest BCUT2D eigenvalue weighted by molar-refractivity contribution is 5.57. The van der Waals surface area contributed by atoms with Crippen LogP contribution < -0.4 is 10.5 Å². The zero-order chi connectivity index (χ0) is 12.8. The molecule has 0 unspecified atom stereocenters. The minimum Gasteiger partial charge on any atom is -0.491 e. The minimum absolute atomic E-state index is 0.459. The molecule has 5 heteroatoms. The minimum atomic E-state index is 0.459. The summed E-state index contributed by atoms with van der Waals surface area (Å²) in [7, 11) is 1.64. The average Bonchev–Trinajstić information content (AvgIpc) is 2.40. The molecule has 0 saturated heterocycles. The van der Waals surface area contributed by atoms with Gasteiger partial charge in [-0.25, -0.2) is 9.97 Å². The summed E-state index contributed by atoms with van der Waals surface area (Å²) in [5.41, 5.74) is 6.52. The number of hydrogen-bond donors (Lipinski definition) is 1. The van der Waals surface area contributed by atoms with Crippen molar-refractivity contribution in [1.82, 2.24) is 9.97 Å². The Morgan fingerprint density at radius 3 is 2.56 bits per heavy atom. The number of anilines is 1. The second-order valence-electron chi connectivity index (χ2n) is 3.67. The molecule has 0 aliphatic rings. The molecule has 0 atom stereocenters. The van der Waals surface area contributed by atoms with Crippen molar-refractivity contribution in [3.63, 3.8) is 0 Å². The average molecular weight is 245 g/mol. The molecule has 2 aromatic rings. The Hall–Kier alpha value is -2.14. The summed E-state index contributed by atoms with van der Waals surface area (Å²) < 4.78 is 10.4. The fourth-order valence-corrected chi connectivity index (χ4v) is 1.45. The largest absolute Gasteiger partial charge is 0.491 e. The van der Waals surface area contributed by atoms with E-state index in [1.54, 1.807) is 19.4 Å². The van der Waals surface area contributed by atoms with Gasteiger partial charge in [-0.3, -0.25) is 0 Å². The van der Waals surface area contributed by atoms with Gasteiger partial charge >= 0.3 is 0 Å². The third kappa shape index (κ3) is 3.18. The topological polar surface area (TPSA) is 70.3 Å². The molecular formula is C13H15N3O2. The zero-order valence-corrected chi connectivity index (χ0v) is 10.2. The molecule has 2 N–H and O–H groups in total. The summed E-state index contributed by atoms with van der Waals surface area (Å²) in [5, 5.41) is 0. The van der Waals surface area contributed by atoms with Crippen LogP contribution in [0.2, 0.25) is 0 Å². The molecule has 0 fully saturated rings. The summed E-state index contributed by atoms with van der Waals surface area (Å²) in [6.07, 6.45) is 1.64. The van der Waals surface area contributed by atoms with Crippen LogP contribution in [0.25, 0.3) is 11.4 Å². The fourth-order valence-electron chi connectivity index (χ4n) is 1.45. The van der Waals surface area contributed by atoms with E-state index in [4.69, 9.17) is 15.2 Å². The monoisotopic (exact) mass is 245 g/mol. The summed E-state index contributed by atoms with van der Waals surface area (Å²) in [6.45, 7) is 1.10. The van der Waals surface area contributed by atoms with Crippen molar-refractivity contribution in [3.8, 4) is 17.1 Å². The van der Waals surface area contributed by atoms with Crippen LogP contribution in [-0.4, -0.2) is 30.3 Å². The summed E-state index contributed by atoms with van der Waals surface area (Å²) in [4.78, 5) is 8.32. The molecule has 1 aromatic heterocycles. The van der Waals surface area contributed by atoms with Crippen molar-refractivity contribution in [3.05, 3.63) is 36.5 Å². The van der Waals surface area contributed by atoms with Gasteiger partial charge in [0.05, 0.1) is 6.61 Å². The standard InChI is InChI=1S/C13H15N3O2/c1-17-8-9-18-11-4-2-10(3-5-11)13-15-7-6-12(14)16-13/h2-7H,8-9H2,1H3,(H2,14,15,16). The fraction of sp³-hybridized carbons (Fsp3) is 0.231. The van der Waals surface area contributed by atoms with Crippen LogP contribution in [0, 0.1) is 0 Å². The van der Waals surface area contributed by atoms with Gasteiger partial charge in [0.15, 0.2) is 5.82 Å². The predicted octanol–water partition coefficient (Wildman–Crippen LogP) is 1.75. The molecule has 0 amide bonds. The predicted molar refractivity (Wildman–Crippen MR) is 69.3 cm³/mol. The number of methoxy groups -OCH3 is 1. The van der Waals surface area contributed by atoms with E-state index in [1.807, 2.05) is 24.3 Å². The van der Waals surface area contributed by atoms with Crippen LogP contribution in [0.5, 0.6) is 5.75 Å². The van der Waals surface area contributed by atoms with E-state index in [-0.39, 0.29) is 0 Å². The first-order chi connectivity index (χ1) is 8.79. The highest BCUT2D eigenvalue weighted by atomic mass is 16.5. The van der Waals surface area contributed by atoms with Crippen molar-refractivity contribution >= 4 is 5.82 Å². The van der Waals surface area contributed by atoms with Crippen LogP contribution in [0.4, 0.5) is 5.82 Å². The van der Waals surface area contributed by atoms with E-state index >= 15 is 0 Å². The Kier molecular flexibility index (Phi) is 4.09. The molecular weight excluding hydrogens is 230 g/mol. The van der Waals surface area contributed by atoms with Crippen molar-refractivity contribution in [2.75, 3.05) is 26.1 Å². The highest BCUT2D eigenvalue weighted by Gasteiger charge is 2.01. The van der Waals surface area contributed by atoms with Gasteiger partial charge in [0.2, 0.25) is 0 Å². The maximum absolute atomic E-state index is 5.62. The van der Waals surface area contributed by atoms with Gasteiger partial charge < -0.3 is 15.2 Å². The smallest absolute Gasteiger partial charge is 0.161 e. The van der Waals surface area contributed by atoms with Crippen LogP contribution >= 0.6 is 0 Å². The maximum Gasteiger partial charge on any atom is 0.161 e. The van der Waals surface area contributed by atoms with Crippen LogP contribution in [0.15, 0.2) is 36.5 Å². The molecule has 0 aliphatic carbocycles. The first-order valence-electron chi connectivity index (χ1n) is 5.60. The Bertz CT molecular complexity index is 500. The Labute approximate surface area is 106 Å². The van der Waals surface area contributed by atoms with Gasteiger partial charge in [-0.05, 0) is 30.3 Å². The van der Waals surface area contributed by atoms with Gasteiger partial charge in [0.25, 0.3) is 0 Å².